The van der Waals surface area contributed by atoms with Crippen LogP contribution in [0.15, 0.2) is 35.5 Å². The van der Waals surface area contributed by atoms with Gasteiger partial charge in [-0.3, -0.25) is 0 Å². The van der Waals surface area contributed by atoms with Crippen LogP contribution in [0.5, 0.6) is 0 Å². The van der Waals surface area contributed by atoms with Crippen molar-refractivity contribution in [3.63, 3.8) is 0 Å². The van der Waals surface area contributed by atoms with Gasteiger partial charge in [0, 0.05) is 0 Å². The Morgan fingerprint density at radius 2 is 2.23 bits per heavy atom. The zero-order valence-corrected chi connectivity index (χ0v) is 8.25. The molecule has 13 heavy (non-hydrogen) atoms. The van der Waals surface area contributed by atoms with Gasteiger partial charge >= 0.3 is 0 Å². The number of rotatable bonds is 0. The Labute approximate surface area is 79.5 Å². The fourth-order valence-corrected chi connectivity index (χ4v) is 1.98. The van der Waals surface area contributed by atoms with Crippen LogP contribution in [0, 0.1) is 5.41 Å². The molecule has 2 rings (SSSR count). The van der Waals surface area contributed by atoms with Crippen molar-refractivity contribution in [3.05, 3.63) is 35.5 Å². The number of hydrogen-bond acceptors (Lipinski definition) is 1. The van der Waals surface area contributed by atoms with Crippen molar-refractivity contribution in [1.82, 2.24) is 0 Å². The summed E-state index contributed by atoms with van der Waals surface area (Å²) in [6.07, 6.45) is 10.2. The number of aliphatic hydroxyl groups is 1. The Morgan fingerprint density at radius 3 is 3.00 bits per heavy atom. The molecule has 0 heterocycles. The van der Waals surface area contributed by atoms with E-state index in [1.54, 1.807) is 0 Å². The molecule has 0 aliphatic heterocycles. The molecule has 1 atom stereocenters. The average Bonchev–Trinajstić information content (AvgIpc) is 2.13. The highest BCUT2D eigenvalue weighted by Gasteiger charge is 2.34. The van der Waals surface area contributed by atoms with E-state index in [0.717, 1.165) is 18.4 Å². The van der Waals surface area contributed by atoms with E-state index >= 15 is 0 Å². The Kier molecular flexibility index (Phi) is 1.92. The molecule has 0 amide bonds. The zero-order chi connectivity index (χ0) is 9.47. The van der Waals surface area contributed by atoms with Crippen LogP contribution in [0.1, 0.15) is 26.7 Å². The number of hydrogen-bond donors (Lipinski definition) is 1. The fourth-order valence-electron chi connectivity index (χ4n) is 1.98. The summed E-state index contributed by atoms with van der Waals surface area (Å²) in [7, 11) is 0. The van der Waals surface area contributed by atoms with Crippen molar-refractivity contribution in [2.24, 2.45) is 5.41 Å². The molecule has 0 saturated heterocycles. The van der Waals surface area contributed by atoms with Crippen molar-refractivity contribution < 1.29 is 5.11 Å². The number of fused-ring (bicyclic) bond motifs is 1. The first-order chi connectivity index (χ1) is 6.11. The van der Waals surface area contributed by atoms with Crippen LogP contribution in [0.3, 0.4) is 0 Å². The quantitative estimate of drug-likeness (QED) is 0.601. The number of aliphatic hydroxyl groups excluding tert-OH is 1. The molecule has 0 fully saturated rings. The van der Waals surface area contributed by atoms with Gasteiger partial charge in [-0.25, -0.2) is 0 Å². The third-order valence-electron chi connectivity index (χ3n) is 3.03. The molecule has 0 aromatic heterocycles. The Morgan fingerprint density at radius 1 is 1.46 bits per heavy atom. The van der Waals surface area contributed by atoms with Gasteiger partial charge in [0.1, 0.15) is 0 Å². The van der Waals surface area contributed by atoms with Crippen LogP contribution in [-0.4, -0.2) is 11.2 Å². The summed E-state index contributed by atoms with van der Waals surface area (Å²) in [6, 6.07) is 0. The second-order valence-corrected chi connectivity index (χ2v) is 4.58. The van der Waals surface area contributed by atoms with E-state index in [9.17, 15) is 5.11 Å². The standard InChI is InChI=1S/C12H16O/c1-12(2)8-7-9-5-3-4-6-10(9)11(12)13/h3-4,6-7,11,13H,5,8H2,1-2H3. The van der Waals surface area contributed by atoms with Crippen LogP contribution < -0.4 is 0 Å². The molecule has 0 radical (unpaired) electrons. The summed E-state index contributed by atoms with van der Waals surface area (Å²) < 4.78 is 0. The Balaban J connectivity index is 2.40. The fraction of sp³-hybridized carbons (Fsp3) is 0.500. The van der Waals surface area contributed by atoms with Gasteiger partial charge in [0.15, 0.2) is 0 Å². The summed E-state index contributed by atoms with van der Waals surface area (Å²) in [6.45, 7) is 4.23. The minimum Gasteiger partial charge on any atom is -0.388 e. The van der Waals surface area contributed by atoms with Gasteiger partial charge in [-0.2, -0.15) is 0 Å². The molecule has 0 bridgehead atoms. The van der Waals surface area contributed by atoms with E-state index < -0.39 is 0 Å². The molecule has 1 nitrogen and oxygen atoms in total. The first-order valence-corrected chi connectivity index (χ1v) is 4.85. The summed E-state index contributed by atoms with van der Waals surface area (Å²) >= 11 is 0. The van der Waals surface area contributed by atoms with E-state index in [-0.39, 0.29) is 11.5 Å². The topological polar surface area (TPSA) is 20.2 Å². The molecule has 2 aliphatic rings. The molecule has 1 heteroatoms. The molecule has 0 aromatic rings. The zero-order valence-electron chi connectivity index (χ0n) is 8.25. The van der Waals surface area contributed by atoms with Crippen molar-refractivity contribution in [2.45, 2.75) is 32.8 Å². The molecular formula is C12H16O. The van der Waals surface area contributed by atoms with Gasteiger partial charge in [-0.15, -0.1) is 0 Å². The van der Waals surface area contributed by atoms with E-state index in [1.807, 2.05) is 12.2 Å². The third-order valence-corrected chi connectivity index (χ3v) is 3.03. The molecular weight excluding hydrogens is 160 g/mol. The molecule has 2 aliphatic carbocycles. The lowest BCUT2D eigenvalue weighted by atomic mass is 9.71. The maximum Gasteiger partial charge on any atom is 0.0846 e. The van der Waals surface area contributed by atoms with Crippen LogP contribution in [0.25, 0.3) is 0 Å². The largest absolute Gasteiger partial charge is 0.388 e. The lowest BCUT2D eigenvalue weighted by molar-refractivity contribution is 0.0791. The summed E-state index contributed by atoms with van der Waals surface area (Å²) in [5, 5.41) is 10.1. The van der Waals surface area contributed by atoms with Crippen LogP contribution >= 0.6 is 0 Å². The Bertz CT molecular complexity index is 305. The maximum absolute atomic E-state index is 10.1. The first-order valence-electron chi connectivity index (χ1n) is 4.85. The molecule has 0 saturated carbocycles. The maximum atomic E-state index is 10.1. The molecule has 1 unspecified atom stereocenters. The molecule has 70 valence electrons. The van der Waals surface area contributed by atoms with E-state index in [2.05, 4.69) is 26.0 Å². The summed E-state index contributed by atoms with van der Waals surface area (Å²) in [5.41, 5.74) is 2.44. The predicted molar refractivity (Wildman–Crippen MR) is 54.3 cm³/mol. The lowest BCUT2D eigenvalue weighted by Crippen LogP contribution is -2.34. The van der Waals surface area contributed by atoms with Gasteiger partial charge in [0.05, 0.1) is 6.10 Å². The summed E-state index contributed by atoms with van der Waals surface area (Å²) in [5.74, 6) is 0. The van der Waals surface area contributed by atoms with Crippen LogP contribution in [-0.2, 0) is 0 Å². The highest BCUT2D eigenvalue weighted by molar-refractivity contribution is 5.44. The summed E-state index contributed by atoms with van der Waals surface area (Å²) in [4.78, 5) is 0. The highest BCUT2D eigenvalue weighted by atomic mass is 16.3. The smallest absolute Gasteiger partial charge is 0.0846 e. The van der Waals surface area contributed by atoms with Gasteiger partial charge < -0.3 is 5.11 Å². The monoisotopic (exact) mass is 176 g/mol. The second-order valence-electron chi connectivity index (χ2n) is 4.58. The van der Waals surface area contributed by atoms with Gasteiger partial charge in [0.25, 0.3) is 0 Å². The molecule has 0 aromatic carbocycles. The normalized spacial score (nSPS) is 30.5. The number of allylic oxidation sites excluding steroid dienone is 4. The SMILES string of the molecule is CC1(C)CC=C2CC=CC=C2C1O. The molecule has 0 spiro atoms. The lowest BCUT2D eigenvalue weighted by Gasteiger charge is -2.37. The third kappa shape index (κ3) is 1.37. The van der Waals surface area contributed by atoms with Crippen molar-refractivity contribution in [3.8, 4) is 0 Å². The van der Waals surface area contributed by atoms with Gasteiger partial charge in [0.2, 0.25) is 0 Å². The van der Waals surface area contributed by atoms with Crippen molar-refractivity contribution in [1.29, 1.82) is 0 Å². The Hall–Kier alpha value is -0.820. The van der Waals surface area contributed by atoms with Crippen molar-refractivity contribution >= 4 is 0 Å². The first kappa shape index (κ1) is 8.76. The average molecular weight is 176 g/mol. The van der Waals surface area contributed by atoms with Crippen LogP contribution in [0.4, 0.5) is 0 Å². The molecule has 1 N–H and O–H groups in total. The minimum atomic E-state index is -0.294. The highest BCUT2D eigenvalue weighted by Crippen LogP contribution is 2.40. The van der Waals surface area contributed by atoms with E-state index in [1.165, 1.54) is 5.57 Å². The van der Waals surface area contributed by atoms with Gasteiger partial charge in [-0.1, -0.05) is 38.2 Å². The second kappa shape index (κ2) is 2.85. The van der Waals surface area contributed by atoms with Crippen LogP contribution in [0.2, 0.25) is 0 Å². The predicted octanol–water partition coefficient (Wildman–Crippen LogP) is 2.59. The van der Waals surface area contributed by atoms with E-state index in [4.69, 9.17) is 0 Å². The van der Waals surface area contributed by atoms with Crippen molar-refractivity contribution in [2.75, 3.05) is 0 Å². The van der Waals surface area contributed by atoms with E-state index in [0.29, 0.717) is 0 Å². The minimum absolute atomic E-state index is 0.000509. The van der Waals surface area contributed by atoms with Gasteiger partial charge in [-0.05, 0) is 29.4 Å².